The van der Waals surface area contributed by atoms with Crippen LogP contribution in [0.4, 0.5) is 4.39 Å². The number of furan rings is 1. The molecule has 0 fully saturated rings. The lowest BCUT2D eigenvalue weighted by Crippen LogP contribution is -2.28. The lowest BCUT2D eigenvalue weighted by Gasteiger charge is -2.11. The van der Waals surface area contributed by atoms with E-state index in [-0.39, 0.29) is 18.1 Å². The van der Waals surface area contributed by atoms with Gasteiger partial charge in [0.1, 0.15) is 11.4 Å². The van der Waals surface area contributed by atoms with Crippen molar-refractivity contribution in [3.8, 4) is 0 Å². The molecule has 0 saturated carbocycles. The van der Waals surface area contributed by atoms with Gasteiger partial charge in [-0.05, 0) is 42.0 Å². The molecule has 1 unspecified atom stereocenters. The molecular formula is C17H13ClFNO3. The molecule has 1 amide bonds. The molecule has 0 aliphatic heterocycles. The molecule has 1 aromatic heterocycles. The fourth-order valence-electron chi connectivity index (χ4n) is 2.21. The Morgan fingerprint density at radius 2 is 1.96 bits per heavy atom. The highest BCUT2D eigenvalue weighted by Crippen LogP contribution is 2.23. The summed E-state index contributed by atoms with van der Waals surface area (Å²) in [5, 5.41) is 13.9. The summed E-state index contributed by atoms with van der Waals surface area (Å²) in [5.41, 5.74) is 1.07. The number of halogens is 2. The van der Waals surface area contributed by atoms with Gasteiger partial charge in [0.25, 0.3) is 5.91 Å². The first kappa shape index (κ1) is 15.5. The van der Waals surface area contributed by atoms with Crippen LogP contribution >= 0.6 is 11.6 Å². The topological polar surface area (TPSA) is 62.5 Å². The van der Waals surface area contributed by atoms with Gasteiger partial charge in [0.15, 0.2) is 5.76 Å². The fourth-order valence-corrected chi connectivity index (χ4v) is 2.39. The van der Waals surface area contributed by atoms with Crippen molar-refractivity contribution in [1.29, 1.82) is 0 Å². The third-order valence-electron chi connectivity index (χ3n) is 3.41. The molecule has 0 saturated heterocycles. The third kappa shape index (κ3) is 3.52. The molecule has 0 spiro atoms. The summed E-state index contributed by atoms with van der Waals surface area (Å²) >= 11 is 5.89. The minimum Gasteiger partial charge on any atom is -0.451 e. The van der Waals surface area contributed by atoms with Crippen LogP contribution in [0.2, 0.25) is 5.02 Å². The van der Waals surface area contributed by atoms with E-state index in [4.69, 9.17) is 16.0 Å². The van der Waals surface area contributed by atoms with Gasteiger partial charge in [-0.15, -0.1) is 0 Å². The van der Waals surface area contributed by atoms with Crippen molar-refractivity contribution in [2.75, 3.05) is 6.54 Å². The first-order chi connectivity index (χ1) is 11.0. The van der Waals surface area contributed by atoms with Crippen LogP contribution in [0.3, 0.4) is 0 Å². The zero-order valence-corrected chi connectivity index (χ0v) is 12.7. The smallest absolute Gasteiger partial charge is 0.287 e. The minimum absolute atomic E-state index is 0.0116. The van der Waals surface area contributed by atoms with Gasteiger partial charge in [0.05, 0.1) is 6.10 Å². The maximum absolute atomic E-state index is 12.8. The highest BCUT2D eigenvalue weighted by atomic mass is 35.5. The lowest BCUT2D eigenvalue weighted by atomic mass is 10.1. The van der Waals surface area contributed by atoms with Crippen LogP contribution in [-0.4, -0.2) is 17.6 Å². The van der Waals surface area contributed by atoms with Crippen molar-refractivity contribution in [3.05, 3.63) is 70.7 Å². The Kier molecular flexibility index (Phi) is 4.32. The van der Waals surface area contributed by atoms with Gasteiger partial charge in [-0.3, -0.25) is 4.79 Å². The molecule has 3 rings (SSSR count). The van der Waals surface area contributed by atoms with Crippen LogP contribution in [0.1, 0.15) is 22.2 Å². The summed E-state index contributed by atoms with van der Waals surface area (Å²) in [6, 6.07) is 12.1. The Morgan fingerprint density at radius 1 is 1.22 bits per heavy atom. The van der Waals surface area contributed by atoms with Crippen molar-refractivity contribution >= 4 is 28.5 Å². The zero-order chi connectivity index (χ0) is 16.4. The van der Waals surface area contributed by atoms with E-state index in [0.29, 0.717) is 16.2 Å². The van der Waals surface area contributed by atoms with Crippen LogP contribution in [0, 0.1) is 5.82 Å². The number of hydrogen-bond acceptors (Lipinski definition) is 3. The van der Waals surface area contributed by atoms with Gasteiger partial charge < -0.3 is 14.8 Å². The summed E-state index contributed by atoms with van der Waals surface area (Å²) in [6.45, 7) is -0.0116. The molecule has 6 heteroatoms. The van der Waals surface area contributed by atoms with E-state index in [9.17, 15) is 14.3 Å². The maximum Gasteiger partial charge on any atom is 0.287 e. The van der Waals surface area contributed by atoms with Crippen molar-refractivity contribution in [2.45, 2.75) is 6.10 Å². The first-order valence-corrected chi connectivity index (χ1v) is 7.31. The third-order valence-corrected chi connectivity index (χ3v) is 3.65. The Morgan fingerprint density at radius 3 is 2.70 bits per heavy atom. The number of aliphatic hydroxyl groups excluding tert-OH is 1. The van der Waals surface area contributed by atoms with Crippen LogP contribution < -0.4 is 5.32 Å². The van der Waals surface area contributed by atoms with E-state index < -0.39 is 12.0 Å². The lowest BCUT2D eigenvalue weighted by molar-refractivity contribution is 0.0891. The van der Waals surface area contributed by atoms with E-state index in [2.05, 4.69) is 5.32 Å². The number of amides is 1. The summed E-state index contributed by atoms with van der Waals surface area (Å²) < 4.78 is 18.3. The number of hydrogen-bond donors (Lipinski definition) is 2. The van der Waals surface area contributed by atoms with E-state index in [1.807, 2.05) is 0 Å². The molecular weight excluding hydrogens is 321 g/mol. The number of carbonyl (C=O) groups is 1. The molecule has 0 aliphatic carbocycles. The van der Waals surface area contributed by atoms with Crippen LogP contribution in [0.5, 0.6) is 0 Å². The summed E-state index contributed by atoms with van der Waals surface area (Å²) in [6.07, 6.45) is -0.932. The van der Waals surface area contributed by atoms with Crippen molar-refractivity contribution < 1.29 is 18.7 Å². The zero-order valence-electron chi connectivity index (χ0n) is 11.9. The molecule has 3 aromatic rings. The fraction of sp³-hybridized carbons (Fsp3) is 0.118. The van der Waals surface area contributed by atoms with Crippen LogP contribution in [-0.2, 0) is 0 Å². The summed E-state index contributed by atoms with van der Waals surface area (Å²) in [7, 11) is 0. The summed E-state index contributed by atoms with van der Waals surface area (Å²) in [5.74, 6) is -0.696. The van der Waals surface area contributed by atoms with Gasteiger partial charge in [-0.1, -0.05) is 23.7 Å². The molecule has 0 aliphatic rings. The molecule has 118 valence electrons. The monoisotopic (exact) mass is 333 g/mol. The van der Waals surface area contributed by atoms with E-state index in [0.717, 1.165) is 5.39 Å². The largest absolute Gasteiger partial charge is 0.451 e. The molecule has 0 radical (unpaired) electrons. The number of benzene rings is 2. The van der Waals surface area contributed by atoms with Crippen LogP contribution in [0.25, 0.3) is 11.0 Å². The van der Waals surface area contributed by atoms with E-state index in [1.165, 1.54) is 24.3 Å². The highest BCUT2D eigenvalue weighted by Gasteiger charge is 2.15. The van der Waals surface area contributed by atoms with Crippen molar-refractivity contribution in [2.24, 2.45) is 0 Å². The number of aliphatic hydroxyl groups is 1. The second-order valence-electron chi connectivity index (χ2n) is 5.07. The molecule has 23 heavy (non-hydrogen) atoms. The van der Waals surface area contributed by atoms with E-state index in [1.54, 1.807) is 24.3 Å². The van der Waals surface area contributed by atoms with E-state index >= 15 is 0 Å². The quantitative estimate of drug-likeness (QED) is 0.765. The predicted molar refractivity (Wildman–Crippen MR) is 84.9 cm³/mol. The maximum atomic E-state index is 12.8. The second-order valence-corrected chi connectivity index (χ2v) is 5.51. The van der Waals surface area contributed by atoms with Gasteiger partial charge in [0.2, 0.25) is 0 Å². The Bertz CT molecular complexity index is 845. The Hall–Kier alpha value is -2.37. The highest BCUT2D eigenvalue weighted by molar-refractivity contribution is 6.31. The predicted octanol–water partition coefficient (Wildman–Crippen LogP) is 3.69. The molecule has 0 bridgehead atoms. The van der Waals surface area contributed by atoms with Crippen molar-refractivity contribution in [1.82, 2.24) is 5.32 Å². The molecule has 4 nitrogen and oxygen atoms in total. The minimum atomic E-state index is -0.932. The Labute approximate surface area is 136 Å². The number of rotatable bonds is 4. The Balaban J connectivity index is 1.67. The standard InChI is InChI=1S/C17H13ClFNO3/c18-12-3-6-15-11(7-12)8-16(23-15)17(22)20-9-14(21)10-1-4-13(19)5-2-10/h1-8,14,21H,9H2,(H,20,22). The molecule has 1 atom stereocenters. The molecule has 2 aromatic carbocycles. The average molecular weight is 334 g/mol. The number of carbonyl (C=O) groups excluding carboxylic acids is 1. The SMILES string of the molecule is O=C(NCC(O)c1ccc(F)cc1)c1cc2cc(Cl)ccc2o1. The van der Waals surface area contributed by atoms with Crippen LogP contribution in [0.15, 0.2) is 52.9 Å². The summed E-state index contributed by atoms with van der Waals surface area (Å²) in [4.78, 5) is 12.1. The van der Waals surface area contributed by atoms with Gasteiger partial charge >= 0.3 is 0 Å². The van der Waals surface area contributed by atoms with Gasteiger partial charge in [-0.2, -0.15) is 0 Å². The second kappa shape index (κ2) is 6.40. The van der Waals surface area contributed by atoms with Crippen molar-refractivity contribution in [3.63, 3.8) is 0 Å². The first-order valence-electron chi connectivity index (χ1n) is 6.94. The molecule has 2 N–H and O–H groups in total. The van der Waals surface area contributed by atoms with Gasteiger partial charge in [-0.25, -0.2) is 4.39 Å². The number of nitrogens with one attached hydrogen (secondary N) is 1. The number of fused-ring (bicyclic) bond motifs is 1. The normalized spacial score (nSPS) is 12.3. The average Bonchev–Trinajstić information content (AvgIpc) is 2.96. The molecule has 1 heterocycles. The van der Waals surface area contributed by atoms with Gasteiger partial charge in [0, 0.05) is 17.0 Å².